The molecule has 126 valence electrons. The number of aromatic amines is 1. The summed E-state index contributed by atoms with van der Waals surface area (Å²) < 4.78 is 39.9. The number of H-pyrrole nitrogens is 1. The van der Waals surface area contributed by atoms with Crippen molar-refractivity contribution < 1.29 is 64.6 Å². The summed E-state index contributed by atoms with van der Waals surface area (Å²) in [6, 6.07) is 8.39. The fourth-order valence-electron chi connectivity index (χ4n) is 2.93. The average Bonchev–Trinajstić information content (AvgIpc) is 2.93. The van der Waals surface area contributed by atoms with Crippen LogP contribution < -0.4 is 51.4 Å². The van der Waals surface area contributed by atoms with Crippen molar-refractivity contribution in [3.8, 4) is 12.1 Å². The van der Waals surface area contributed by atoms with Crippen LogP contribution in [0.25, 0.3) is 16.2 Å². The van der Waals surface area contributed by atoms with Crippen LogP contribution in [0.4, 0.5) is 13.2 Å². The normalized spacial score (nSPS) is 17.4. The summed E-state index contributed by atoms with van der Waals surface area (Å²) in [4.78, 5) is 0. The number of halogens is 3. The number of alkyl halides is 3. The van der Waals surface area contributed by atoms with Crippen molar-refractivity contribution in [3.05, 3.63) is 57.3 Å². The van der Waals surface area contributed by atoms with Gasteiger partial charge in [-0.05, 0) is 30.3 Å². The summed E-state index contributed by atoms with van der Waals surface area (Å²) in [5.41, 5.74) is -0.0146. The molecule has 1 atom stereocenters. The predicted molar refractivity (Wildman–Crippen MR) is 83.9 cm³/mol. The predicted octanol–water partition coefficient (Wildman–Crippen LogP) is 1.48. The fraction of sp³-hybridized carbons (Fsp3) is 0.235. The van der Waals surface area contributed by atoms with E-state index in [-0.39, 0.29) is 62.7 Å². The Kier molecular flexibility index (Phi) is 6.01. The molecule has 0 saturated heterocycles. The third-order valence-corrected chi connectivity index (χ3v) is 4.11. The summed E-state index contributed by atoms with van der Waals surface area (Å²) in [5.74, 6) is -1.11. The molecule has 0 radical (unpaired) electrons. The molecule has 0 spiro atoms. The van der Waals surface area contributed by atoms with Crippen molar-refractivity contribution >= 4 is 10.9 Å². The Morgan fingerprint density at radius 1 is 1.15 bits per heavy atom. The van der Waals surface area contributed by atoms with E-state index < -0.39 is 23.4 Å². The van der Waals surface area contributed by atoms with Crippen molar-refractivity contribution in [2.45, 2.75) is 25.9 Å². The Bertz CT molecular complexity index is 1020. The fourth-order valence-corrected chi connectivity index (χ4v) is 2.93. The zero-order chi connectivity index (χ0) is 18.4. The number of nitrogens with one attached hydrogen (secondary N) is 1. The minimum atomic E-state index is -4.78. The monoisotopic (exact) mass is 381 g/mol. The van der Waals surface area contributed by atoms with Gasteiger partial charge in [0, 0.05) is 22.2 Å². The van der Waals surface area contributed by atoms with Gasteiger partial charge in [-0.2, -0.15) is 28.8 Å². The molecular formula is C17H11F3KN5. The van der Waals surface area contributed by atoms with Gasteiger partial charge < -0.3 is 5.32 Å². The summed E-state index contributed by atoms with van der Waals surface area (Å²) in [6.07, 6.45) is -4.78. The van der Waals surface area contributed by atoms with Crippen molar-refractivity contribution in [2.75, 3.05) is 0 Å². The molecule has 0 aliphatic carbocycles. The zero-order valence-corrected chi connectivity index (χ0v) is 17.4. The van der Waals surface area contributed by atoms with Crippen LogP contribution in [0.15, 0.2) is 40.7 Å². The molecule has 0 saturated carbocycles. The van der Waals surface area contributed by atoms with Crippen LogP contribution in [0.1, 0.15) is 24.1 Å². The summed E-state index contributed by atoms with van der Waals surface area (Å²) in [7, 11) is 0. The molecule has 1 aliphatic rings. The maximum atomic E-state index is 13.3. The number of benzene rings is 1. The van der Waals surface area contributed by atoms with Gasteiger partial charge in [-0.3, -0.25) is 5.10 Å². The minimum Gasteiger partial charge on any atom is -0.656 e. The number of rotatable bonds is 1. The number of fused-ring (bicyclic) bond motifs is 1. The molecule has 1 aromatic heterocycles. The van der Waals surface area contributed by atoms with Crippen LogP contribution in [0.2, 0.25) is 0 Å². The molecule has 3 rings (SSSR count). The first-order valence-electron chi connectivity index (χ1n) is 7.26. The van der Waals surface area contributed by atoms with Gasteiger partial charge >= 0.3 is 57.6 Å². The van der Waals surface area contributed by atoms with E-state index in [4.69, 9.17) is 0 Å². The minimum absolute atomic E-state index is 0. The van der Waals surface area contributed by atoms with Crippen molar-refractivity contribution in [3.63, 3.8) is 0 Å². The van der Waals surface area contributed by atoms with E-state index in [1.54, 1.807) is 31.2 Å². The third-order valence-electron chi connectivity index (χ3n) is 4.11. The number of nitriles is 2. The van der Waals surface area contributed by atoms with E-state index in [0.717, 1.165) is 11.1 Å². The Balaban J connectivity index is 0.00000243. The summed E-state index contributed by atoms with van der Waals surface area (Å²) in [5, 5.41) is 29.9. The summed E-state index contributed by atoms with van der Waals surface area (Å²) in [6.45, 7) is 3.12. The maximum absolute atomic E-state index is 13.3. The molecule has 0 amide bonds. The molecule has 0 unspecified atom stereocenters. The van der Waals surface area contributed by atoms with Crippen LogP contribution in [0.3, 0.4) is 0 Å². The molecule has 2 aromatic rings. The van der Waals surface area contributed by atoms with Gasteiger partial charge in [-0.1, -0.05) is 13.0 Å². The Labute approximate surface area is 190 Å². The van der Waals surface area contributed by atoms with E-state index in [2.05, 4.69) is 15.5 Å². The standard InChI is InChI=1S/C17H11F3N5.K/c1-8-12(6-21)15(13(7-22)16(23-8)17(18,19)20)10-3-4-14-11(5-10)9(2)24-25-14;/h3-5,15H,1-2H3,(H,24,25);/q-1;+1/t15-;/m0./s1. The SMILES string of the molecule is CC1=C(C#N)[C@H](c2ccc3n[nH]c(C)c3c2)C(C#N)=C(C(F)(F)F)[N-]1.[K+]. The van der Waals surface area contributed by atoms with Gasteiger partial charge in [0.2, 0.25) is 0 Å². The number of hydrogen-bond acceptors (Lipinski definition) is 3. The molecular weight excluding hydrogens is 370 g/mol. The second-order valence-electron chi connectivity index (χ2n) is 5.65. The molecule has 1 aromatic carbocycles. The van der Waals surface area contributed by atoms with Gasteiger partial charge in [-0.25, -0.2) is 0 Å². The molecule has 1 N–H and O–H groups in total. The van der Waals surface area contributed by atoms with E-state index >= 15 is 0 Å². The number of aryl methyl sites for hydroxylation is 1. The van der Waals surface area contributed by atoms with Crippen LogP contribution in [0.5, 0.6) is 0 Å². The number of allylic oxidation sites excluding steroid dienone is 4. The topological polar surface area (TPSA) is 90.4 Å². The van der Waals surface area contributed by atoms with Crippen LogP contribution in [0, 0.1) is 29.6 Å². The Morgan fingerprint density at radius 2 is 1.81 bits per heavy atom. The van der Waals surface area contributed by atoms with Crippen LogP contribution in [-0.4, -0.2) is 16.4 Å². The molecule has 0 bridgehead atoms. The van der Waals surface area contributed by atoms with Gasteiger partial charge in [0.05, 0.1) is 23.6 Å². The van der Waals surface area contributed by atoms with E-state index in [9.17, 15) is 23.7 Å². The molecule has 0 fully saturated rings. The smallest absolute Gasteiger partial charge is 0.656 e. The second-order valence-corrected chi connectivity index (χ2v) is 5.65. The molecule has 26 heavy (non-hydrogen) atoms. The van der Waals surface area contributed by atoms with Gasteiger partial charge in [0.1, 0.15) is 0 Å². The van der Waals surface area contributed by atoms with E-state index in [1.165, 1.54) is 6.92 Å². The first kappa shape index (κ1) is 20.7. The van der Waals surface area contributed by atoms with Crippen LogP contribution >= 0.6 is 0 Å². The van der Waals surface area contributed by atoms with Crippen molar-refractivity contribution in [1.29, 1.82) is 10.5 Å². The molecule has 5 nitrogen and oxygen atoms in total. The van der Waals surface area contributed by atoms with E-state index in [1.807, 2.05) is 6.07 Å². The molecule has 1 aliphatic heterocycles. The number of aromatic nitrogens is 2. The Hall–Kier alpha value is -1.62. The van der Waals surface area contributed by atoms with Crippen molar-refractivity contribution in [2.24, 2.45) is 0 Å². The first-order chi connectivity index (χ1) is 11.8. The quantitative estimate of drug-likeness (QED) is 0.759. The largest absolute Gasteiger partial charge is 1.00 e. The van der Waals surface area contributed by atoms with Gasteiger partial charge in [0.25, 0.3) is 0 Å². The van der Waals surface area contributed by atoms with Gasteiger partial charge in [0.15, 0.2) is 0 Å². The number of nitrogens with zero attached hydrogens (tertiary/aromatic N) is 4. The molecule has 2 heterocycles. The van der Waals surface area contributed by atoms with E-state index in [0.29, 0.717) is 11.1 Å². The van der Waals surface area contributed by atoms with Crippen LogP contribution in [-0.2, 0) is 0 Å². The van der Waals surface area contributed by atoms with Gasteiger partial charge in [-0.15, -0.1) is 5.70 Å². The average molecular weight is 381 g/mol. The third kappa shape index (κ3) is 3.46. The molecule has 9 heteroatoms. The zero-order valence-electron chi connectivity index (χ0n) is 14.2. The van der Waals surface area contributed by atoms with Crippen molar-refractivity contribution in [1.82, 2.24) is 10.2 Å². The summed E-state index contributed by atoms with van der Waals surface area (Å²) >= 11 is 0. The number of hydrogen-bond donors (Lipinski definition) is 1. The maximum Gasteiger partial charge on any atom is 1.00 e. The second kappa shape index (κ2) is 7.55. The Morgan fingerprint density at radius 3 is 2.38 bits per heavy atom. The first-order valence-corrected chi connectivity index (χ1v) is 7.26.